The first-order valence-corrected chi connectivity index (χ1v) is 9.97. The molecule has 31 heavy (non-hydrogen) atoms. The first-order valence-electron chi connectivity index (χ1n) is 9.97. The Morgan fingerprint density at radius 2 is 1.94 bits per heavy atom. The monoisotopic (exact) mass is 429 g/mol. The molecule has 0 aliphatic heterocycles. The lowest BCUT2D eigenvalue weighted by Gasteiger charge is -2.17. The number of nitrogens with one attached hydrogen (secondary N) is 1. The Morgan fingerprint density at radius 3 is 2.58 bits per heavy atom. The lowest BCUT2D eigenvalue weighted by molar-refractivity contribution is 0.0577. The molecule has 166 valence electrons. The van der Waals surface area contributed by atoms with Crippen molar-refractivity contribution in [3.63, 3.8) is 0 Å². The summed E-state index contributed by atoms with van der Waals surface area (Å²) in [7, 11) is 0. The molecule has 0 amide bonds. The molecule has 0 fully saturated rings. The molecule has 0 spiro atoms. The third kappa shape index (κ3) is 6.11. The maximum absolute atomic E-state index is 13.6. The van der Waals surface area contributed by atoms with Crippen molar-refractivity contribution in [2.75, 3.05) is 11.1 Å². The fourth-order valence-corrected chi connectivity index (χ4v) is 2.92. The topological polar surface area (TPSA) is 124 Å². The Kier molecular flexibility index (Phi) is 6.40. The zero-order chi connectivity index (χ0) is 22.8. The number of halogens is 1. The van der Waals surface area contributed by atoms with Gasteiger partial charge < -0.3 is 20.9 Å². The van der Waals surface area contributed by atoms with Crippen LogP contribution >= 0.6 is 0 Å². The minimum atomic E-state index is -1.35. The van der Waals surface area contributed by atoms with Gasteiger partial charge in [-0.2, -0.15) is 5.10 Å². The number of hydrogen-bond acceptors (Lipinski definition) is 8. The van der Waals surface area contributed by atoms with E-state index in [1.54, 1.807) is 37.0 Å². The van der Waals surface area contributed by atoms with Gasteiger partial charge in [0.05, 0.1) is 24.4 Å². The van der Waals surface area contributed by atoms with Crippen molar-refractivity contribution >= 4 is 17.5 Å². The number of pyridine rings is 1. The molecule has 3 heterocycles. The molecule has 1 unspecified atom stereocenters. The van der Waals surface area contributed by atoms with Crippen molar-refractivity contribution in [1.29, 1.82) is 0 Å². The number of anilines is 3. The largest absolute Gasteiger partial charge is 0.490 e. The van der Waals surface area contributed by atoms with Gasteiger partial charge in [0.1, 0.15) is 23.2 Å². The van der Waals surface area contributed by atoms with Crippen molar-refractivity contribution < 1.29 is 14.2 Å². The molecule has 3 rings (SSSR count). The normalized spacial score (nSPS) is 12.8. The van der Waals surface area contributed by atoms with Crippen molar-refractivity contribution in [2.45, 2.75) is 59.0 Å². The number of hydrogen-bond donors (Lipinski definition) is 3. The Balaban J connectivity index is 1.92. The number of aliphatic hydroxyl groups is 1. The van der Waals surface area contributed by atoms with Crippen LogP contribution in [0.5, 0.6) is 5.75 Å². The van der Waals surface area contributed by atoms with Crippen LogP contribution in [0.25, 0.3) is 11.1 Å². The summed E-state index contributed by atoms with van der Waals surface area (Å²) in [6.07, 6.45) is 3.77. The molecule has 0 aromatic carbocycles. The third-order valence-electron chi connectivity index (χ3n) is 4.10. The van der Waals surface area contributed by atoms with Crippen molar-refractivity contribution in [1.82, 2.24) is 24.7 Å². The second-order valence-electron chi connectivity index (χ2n) is 8.25. The van der Waals surface area contributed by atoms with Crippen molar-refractivity contribution in [3.05, 3.63) is 36.5 Å². The maximum atomic E-state index is 13.6. The molecule has 0 saturated carbocycles. The minimum absolute atomic E-state index is 0.00278. The number of nitrogen functional groups attached to an aromatic ring is 1. The molecule has 3 aromatic rings. The summed E-state index contributed by atoms with van der Waals surface area (Å²) in [5, 5.41) is 17.4. The van der Waals surface area contributed by atoms with Crippen LogP contribution in [0.2, 0.25) is 0 Å². The number of aromatic nitrogens is 5. The Labute approximate surface area is 180 Å². The number of nitrogens with zero attached hydrogens (tertiary/aromatic N) is 5. The molecule has 1 atom stereocenters. The number of alkyl halides is 1. The molecular formula is C21H28FN7O2. The van der Waals surface area contributed by atoms with Crippen molar-refractivity contribution in [3.8, 4) is 16.9 Å². The highest BCUT2D eigenvalue weighted by molar-refractivity contribution is 5.71. The Hall–Kier alpha value is -3.27. The molecule has 0 saturated heterocycles. The van der Waals surface area contributed by atoms with Gasteiger partial charge in [-0.25, -0.2) is 19.3 Å². The van der Waals surface area contributed by atoms with E-state index in [-0.39, 0.29) is 17.7 Å². The summed E-state index contributed by atoms with van der Waals surface area (Å²) in [6, 6.07) is 3.24. The Bertz CT molecular complexity index is 1040. The van der Waals surface area contributed by atoms with E-state index < -0.39 is 11.8 Å². The minimum Gasteiger partial charge on any atom is -0.490 e. The van der Waals surface area contributed by atoms with Crippen LogP contribution < -0.4 is 15.8 Å². The van der Waals surface area contributed by atoms with Gasteiger partial charge in [0.15, 0.2) is 12.0 Å². The average molecular weight is 430 g/mol. The van der Waals surface area contributed by atoms with E-state index in [0.29, 0.717) is 23.9 Å². The molecular weight excluding hydrogens is 401 g/mol. The van der Waals surface area contributed by atoms with Crippen LogP contribution in [0.4, 0.5) is 21.8 Å². The number of rotatable bonds is 8. The molecule has 3 aromatic heterocycles. The van der Waals surface area contributed by atoms with Gasteiger partial charge in [-0.1, -0.05) is 0 Å². The van der Waals surface area contributed by atoms with E-state index in [1.807, 2.05) is 20.0 Å². The molecule has 0 radical (unpaired) electrons. The zero-order valence-electron chi connectivity index (χ0n) is 18.3. The summed E-state index contributed by atoms with van der Waals surface area (Å²) in [6.45, 7) is 8.99. The highest BCUT2D eigenvalue weighted by Crippen LogP contribution is 2.33. The number of ether oxygens (including phenoxy) is 1. The maximum Gasteiger partial charge on any atom is 0.166 e. The fraction of sp³-hybridized carbons (Fsp3) is 0.429. The van der Waals surface area contributed by atoms with E-state index in [2.05, 4.69) is 25.4 Å². The smallest absolute Gasteiger partial charge is 0.166 e. The van der Waals surface area contributed by atoms with Crippen LogP contribution in [-0.4, -0.2) is 41.5 Å². The standard InChI is InChI=1S/C21H28FN7O2/c1-12(2)31-16-6-18(27-19-7-17(23)26-20(28-19)13(3)22)24-9-15(16)14-8-25-29(10-14)11-21(4,5)30/h6-10,12-13,30H,11H2,1-5H3,(H3,23,24,26,27,28). The van der Waals surface area contributed by atoms with Crippen LogP contribution in [0.1, 0.15) is 46.6 Å². The van der Waals surface area contributed by atoms with E-state index >= 15 is 0 Å². The summed E-state index contributed by atoms with van der Waals surface area (Å²) in [5.41, 5.74) is 6.43. The van der Waals surface area contributed by atoms with Gasteiger partial charge in [0, 0.05) is 35.7 Å². The summed E-state index contributed by atoms with van der Waals surface area (Å²) >= 11 is 0. The highest BCUT2D eigenvalue weighted by Gasteiger charge is 2.17. The molecule has 0 aliphatic rings. The summed E-state index contributed by atoms with van der Waals surface area (Å²) < 4.78 is 21.3. The van der Waals surface area contributed by atoms with E-state index in [9.17, 15) is 9.50 Å². The quantitative estimate of drug-likeness (QED) is 0.496. The van der Waals surface area contributed by atoms with Gasteiger partial charge in [0.25, 0.3) is 0 Å². The molecule has 0 bridgehead atoms. The second-order valence-corrected chi connectivity index (χ2v) is 8.25. The van der Waals surface area contributed by atoms with Crippen LogP contribution in [0.15, 0.2) is 30.7 Å². The highest BCUT2D eigenvalue weighted by atomic mass is 19.1. The SMILES string of the molecule is CC(C)Oc1cc(Nc2cc(N)nc(C(C)F)n2)ncc1-c1cnn(CC(C)(C)O)c1. The van der Waals surface area contributed by atoms with E-state index in [4.69, 9.17) is 10.5 Å². The van der Waals surface area contributed by atoms with Gasteiger partial charge in [-0.3, -0.25) is 4.68 Å². The second kappa shape index (κ2) is 8.84. The number of nitrogens with two attached hydrogens (primary N) is 1. The molecule has 9 nitrogen and oxygen atoms in total. The van der Waals surface area contributed by atoms with E-state index in [0.717, 1.165) is 11.1 Å². The first-order chi connectivity index (χ1) is 14.5. The van der Waals surface area contributed by atoms with Crippen LogP contribution in [-0.2, 0) is 6.54 Å². The first kappa shape index (κ1) is 22.4. The lowest BCUT2D eigenvalue weighted by Crippen LogP contribution is -2.26. The lowest BCUT2D eigenvalue weighted by atomic mass is 10.1. The average Bonchev–Trinajstić information content (AvgIpc) is 3.07. The molecule has 10 heteroatoms. The van der Waals surface area contributed by atoms with Gasteiger partial charge in [-0.05, 0) is 34.6 Å². The fourth-order valence-electron chi connectivity index (χ4n) is 2.92. The van der Waals surface area contributed by atoms with Crippen LogP contribution in [0, 0.1) is 0 Å². The van der Waals surface area contributed by atoms with Gasteiger partial charge in [0.2, 0.25) is 0 Å². The van der Waals surface area contributed by atoms with Crippen molar-refractivity contribution in [2.24, 2.45) is 0 Å². The molecule has 4 N–H and O–H groups in total. The zero-order valence-corrected chi connectivity index (χ0v) is 18.3. The summed E-state index contributed by atoms with van der Waals surface area (Å²) in [5.74, 6) is 1.54. The third-order valence-corrected chi connectivity index (χ3v) is 4.10. The van der Waals surface area contributed by atoms with Gasteiger partial charge in [-0.15, -0.1) is 0 Å². The predicted molar refractivity (Wildman–Crippen MR) is 117 cm³/mol. The Morgan fingerprint density at radius 1 is 1.19 bits per heavy atom. The van der Waals surface area contributed by atoms with Crippen LogP contribution in [0.3, 0.4) is 0 Å². The predicted octanol–water partition coefficient (Wildman–Crippen LogP) is 3.65. The van der Waals surface area contributed by atoms with Gasteiger partial charge >= 0.3 is 0 Å². The summed E-state index contributed by atoms with van der Waals surface area (Å²) in [4.78, 5) is 12.5. The van der Waals surface area contributed by atoms with E-state index in [1.165, 1.54) is 13.0 Å². The molecule has 0 aliphatic carbocycles.